The van der Waals surface area contributed by atoms with Crippen LogP contribution in [0.5, 0.6) is 5.75 Å². The molecule has 0 spiro atoms. The maximum Gasteiger partial charge on any atom is 0.123 e. The molecular weight excluding hydrogens is 258 g/mol. The average Bonchev–Trinajstić information content (AvgIpc) is 2.89. The highest BCUT2D eigenvalue weighted by Gasteiger charge is 2.23. The highest BCUT2D eigenvalue weighted by molar-refractivity contribution is 5.39. The predicted molar refractivity (Wildman–Crippen MR) is 86.9 cm³/mol. The Morgan fingerprint density at radius 2 is 1.76 bits per heavy atom. The van der Waals surface area contributed by atoms with Gasteiger partial charge in [0.15, 0.2) is 0 Å². The second-order valence-electron chi connectivity index (χ2n) is 6.01. The third-order valence-electron chi connectivity index (χ3n) is 4.39. The van der Waals surface area contributed by atoms with Crippen LogP contribution in [0.15, 0.2) is 42.5 Å². The second-order valence-corrected chi connectivity index (χ2v) is 6.01. The van der Waals surface area contributed by atoms with E-state index >= 15 is 0 Å². The van der Waals surface area contributed by atoms with Gasteiger partial charge in [0.05, 0.1) is 7.11 Å². The molecule has 0 fully saturated rings. The Hall–Kier alpha value is -1.80. The largest absolute Gasteiger partial charge is 0.496 e. The first-order chi connectivity index (χ1) is 10.2. The number of methoxy groups -OCH3 is 1. The molecule has 2 aromatic carbocycles. The smallest absolute Gasteiger partial charge is 0.123 e. The van der Waals surface area contributed by atoms with Gasteiger partial charge in [0.2, 0.25) is 0 Å². The van der Waals surface area contributed by atoms with Gasteiger partial charge in [-0.2, -0.15) is 0 Å². The van der Waals surface area contributed by atoms with E-state index in [0.29, 0.717) is 12.1 Å². The number of rotatable bonds is 4. The van der Waals surface area contributed by atoms with Crippen molar-refractivity contribution < 1.29 is 4.74 Å². The molecule has 2 nitrogen and oxygen atoms in total. The van der Waals surface area contributed by atoms with Crippen LogP contribution < -0.4 is 10.1 Å². The molecule has 3 rings (SSSR count). The molecule has 1 atom stereocenters. The summed E-state index contributed by atoms with van der Waals surface area (Å²) >= 11 is 0. The molecular formula is C19H23NO. The lowest BCUT2D eigenvalue weighted by atomic mass is 10.0. The fraction of sp³-hybridized carbons (Fsp3) is 0.368. The molecule has 110 valence electrons. The number of ether oxygens (including phenoxy) is 1. The minimum atomic E-state index is 0.291. The van der Waals surface area contributed by atoms with Gasteiger partial charge in [-0.25, -0.2) is 0 Å². The Balaban J connectivity index is 1.73. The van der Waals surface area contributed by atoms with E-state index in [4.69, 9.17) is 4.74 Å². The van der Waals surface area contributed by atoms with Gasteiger partial charge in [-0.1, -0.05) is 42.0 Å². The number of nitrogens with one attached hydrogen (secondary N) is 1. The maximum atomic E-state index is 5.51. The van der Waals surface area contributed by atoms with Crippen LogP contribution in [0, 0.1) is 6.92 Å². The van der Waals surface area contributed by atoms with Crippen molar-refractivity contribution >= 4 is 0 Å². The number of benzene rings is 2. The average molecular weight is 281 g/mol. The first kappa shape index (κ1) is 14.2. The Labute approximate surface area is 127 Å². The Bertz CT molecular complexity index is 610. The van der Waals surface area contributed by atoms with Gasteiger partial charge >= 0.3 is 0 Å². The van der Waals surface area contributed by atoms with Gasteiger partial charge in [0, 0.05) is 17.6 Å². The molecule has 2 heteroatoms. The van der Waals surface area contributed by atoms with Crippen molar-refractivity contribution in [3.63, 3.8) is 0 Å². The summed E-state index contributed by atoms with van der Waals surface area (Å²) in [6.45, 7) is 4.35. The van der Waals surface area contributed by atoms with E-state index in [0.717, 1.165) is 18.6 Å². The SMILES string of the molecule is COc1ccc(C)cc1C(C)NC1Cc2ccccc2C1. The van der Waals surface area contributed by atoms with Crippen LogP contribution in [0.1, 0.15) is 35.2 Å². The third kappa shape index (κ3) is 2.96. The standard InChI is InChI=1S/C19H23NO/c1-13-8-9-19(21-3)18(10-13)14(2)20-17-11-15-6-4-5-7-16(15)12-17/h4-10,14,17,20H,11-12H2,1-3H3. The lowest BCUT2D eigenvalue weighted by Gasteiger charge is -2.22. The highest BCUT2D eigenvalue weighted by Crippen LogP contribution is 2.29. The Kier molecular flexibility index (Phi) is 3.98. The minimum Gasteiger partial charge on any atom is -0.496 e. The van der Waals surface area contributed by atoms with Crippen LogP contribution in [0.25, 0.3) is 0 Å². The van der Waals surface area contributed by atoms with Crippen LogP contribution in [0.2, 0.25) is 0 Å². The van der Waals surface area contributed by atoms with Crippen molar-refractivity contribution in [3.05, 3.63) is 64.7 Å². The minimum absolute atomic E-state index is 0.291. The lowest BCUT2D eigenvalue weighted by Crippen LogP contribution is -2.32. The normalized spacial score (nSPS) is 15.8. The number of hydrogen-bond acceptors (Lipinski definition) is 2. The summed E-state index contributed by atoms with van der Waals surface area (Å²) < 4.78 is 5.51. The number of hydrogen-bond donors (Lipinski definition) is 1. The second kappa shape index (κ2) is 5.90. The molecule has 1 unspecified atom stereocenters. The van der Waals surface area contributed by atoms with Crippen molar-refractivity contribution in [1.29, 1.82) is 0 Å². The lowest BCUT2D eigenvalue weighted by molar-refractivity contribution is 0.393. The van der Waals surface area contributed by atoms with Crippen molar-refractivity contribution in [2.24, 2.45) is 0 Å². The molecule has 2 aromatic rings. The monoisotopic (exact) mass is 281 g/mol. The maximum absolute atomic E-state index is 5.51. The highest BCUT2D eigenvalue weighted by atomic mass is 16.5. The van der Waals surface area contributed by atoms with Crippen LogP contribution in [0.4, 0.5) is 0 Å². The van der Waals surface area contributed by atoms with E-state index in [2.05, 4.69) is 61.6 Å². The van der Waals surface area contributed by atoms with Gasteiger partial charge < -0.3 is 10.1 Å². The van der Waals surface area contributed by atoms with E-state index in [1.807, 2.05) is 0 Å². The summed E-state index contributed by atoms with van der Waals surface area (Å²) in [7, 11) is 1.74. The van der Waals surface area contributed by atoms with E-state index in [1.165, 1.54) is 22.3 Å². The van der Waals surface area contributed by atoms with Crippen molar-refractivity contribution in [1.82, 2.24) is 5.32 Å². The van der Waals surface area contributed by atoms with E-state index in [-0.39, 0.29) is 0 Å². The van der Waals surface area contributed by atoms with Gasteiger partial charge in [-0.05, 0) is 43.9 Å². The first-order valence-corrected chi connectivity index (χ1v) is 7.64. The molecule has 1 aliphatic rings. The Morgan fingerprint density at radius 1 is 1.10 bits per heavy atom. The topological polar surface area (TPSA) is 21.3 Å². The van der Waals surface area contributed by atoms with Crippen molar-refractivity contribution in [2.45, 2.75) is 38.8 Å². The molecule has 0 bridgehead atoms. The Morgan fingerprint density at radius 3 is 2.38 bits per heavy atom. The summed E-state index contributed by atoms with van der Waals surface area (Å²) in [5.41, 5.74) is 5.49. The molecule has 1 N–H and O–H groups in total. The van der Waals surface area contributed by atoms with Crippen LogP contribution in [0.3, 0.4) is 0 Å². The van der Waals surface area contributed by atoms with Crippen LogP contribution >= 0.6 is 0 Å². The zero-order valence-corrected chi connectivity index (χ0v) is 13.0. The fourth-order valence-electron chi connectivity index (χ4n) is 3.31. The van der Waals surface area contributed by atoms with E-state index in [9.17, 15) is 0 Å². The first-order valence-electron chi connectivity index (χ1n) is 7.64. The summed E-state index contributed by atoms with van der Waals surface area (Å²) in [5, 5.41) is 3.76. The van der Waals surface area contributed by atoms with E-state index in [1.54, 1.807) is 7.11 Å². The fourth-order valence-corrected chi connectivity index (χ4v) is 3.31. The van der Waals surface area contributed by atoms with Gasteiger partial charge in [-0.3, -0.25) is 0 Å². The molecule has 0 aromatic heterocycles. The van der Waals surface area contributed by atoms with Gasteiger partial charge in [0.25, 0.3) is 0 Å². The van der Waals surface area contributed by atoms with Crippen LogP contribution in [-0.2, 0) is 12.8 Å². The predicted octanol–water partition coefficient (Wildman–Crippen LogP) is 3.82. The number of fused-ring (bicyclic) bond motifs is 1. The summed E-state index contributed by atoms with van der Waals surface area (Å²) in [6.07, 6.45) is 2.24. The van der Waals surface area contributed by atoms with Crippen molar-refractivity contribution in [2.75, 3.05) is 7.11 Å². The van der Waals surface area contributed by atoms with Crippen LogP contribution in [-0.4, -0.2) is 13.2 Å². The summed E-state index contributed by atoms with van der Waals surface area (Å²) in [5.74, 6) is 0.969. The number of aryl methyl sites for hydroxylation is 1. The third-order valence-corrected chi connectivity index (χ3v) is 4.39. The van der Waals surface area contributed by atoms with Gasteiger partial charge in [-0.15, -0.1) is 0 Å². The molecule has 0 amide bonds. The molecule has 21 heavy (non-hydrogen) atoms. The molecule has 0 saturated heterocycles. The molecule has 0 aliphatic heterocycles. The summed E-state index contributed by atoms with van der Waals surface area (Å²) in [4.78, 5) is 0. The van der Waals surface area contributed by atoms with Crippen molar-refractivity contribution in [3.8, 4) is 5.75 Å². The molecule has 1 aliphatic carbocycles. The van der Waals surface area contributed by atoms with E-state index < -0.39 is 0 Å². The molecule has 0 saturated carbocycles. The van der Waals surface area contributed by atoms with Gasteiger partial charge in [0.1, 0.15) is 5.75 Å². The molecule has 0 heterocycles. The summed E-state index contributed by atoms with van der Waals surface area (Å²) in [6, 6.07) is 15.9. The zero-order chi connectivity index (χ0) is 14.8. The quantitative estimate of drug-likeness (QED) is 0.920. The molecule has 0 radical (unpaired) electrons. The zero-order valence-electron chi connectivity index (χ0n) is 13.0.